The summed E-state index contributed by atoms with van der Waals surface area (Å²) in [6.07, 6.45) is 11.0. The van der Waals surface area contributed by atoms with Crippen molar-refractivity contribution in [2.24, 2.45) is 0 Å². The Balaban J connectivity index is 1.40. The number of piperidine rings is 1. The zero-order chi connectivity index (χ0) is 17.8. The van der Waals surface area contributed by atoms with Gasteiger partial charge in [-0.3, -0.25) is 4.90 Å². The number of benzene rings is 1. The molecule has 0 saturated carbocycles. The molecule has 1 aromatic carbocycles. The number of imidazole rings is 1. The van der Waals surface area contributed by atoms with E-state index in [0.29, 0.717) is 6.04 Å². The Kier molecular flexibility index (Phi) is 5.11. The lowest BCUT2D eigenvalue weighted by molar-refractivity contribution is 0.126. The van der Waals surface area contributed by atoms with E-state index in [4.69, 9.17) is 0 Å². The monoisotopic (exact) mass is 350 g/mol. The van der Waals surface area contributed by atoms with E-state index in [2.05, 4.69) is 56.2 Å². The molecular weight excluding hydrogens is 324 g/mol. The van der Waals surface area contributed by atoms with E-state index >= 15 is 0 Å². The summed E-state index contributed by atoms with van der Waals surface area (Å²) in [5.41, 5.74) is 2.09. The molecule has 0 spiro atoms. The van der Waals surface area contributed by atoms with Gasteiger partial charge in [0.25, 0.3) is 0 Å². The number of hydrogen-bond acceptors (Lipinski definition) is 4. The summed E-state index contributed by atoms with van der Waals surface area (Å²) in [5.74, 6) is 1.10. The lowest BCUT2D eigenvalue weighted by atomic mass is 9.99. The molecule has 0 aliphatic carbocycles. The first-order chi connectivity index (χ1) is 12.8. The van der Waals surface area contributed by atoms with Crippen molar-refractivity contribution in [3.8, 4) is 5.69 Å². The van der Waals surface area contributed by atoms with Gasteiger partial charge < -0.3 is 4.57 Å². The third kappa shape index (κ3) is 3.85. The van der Waals surface area contributed by atoms with Gasteiger partial charge in [-0.15, -0.1) is 5.10 Å². The fourth-order valence-electron chi connectivity index (χ4n) is 3.81. The minimum absolute atomic E-state index is 0.604. The Labute approximate surface area is 154 Å². The molecule has 26 heavy (non-hydrogen) atoms. The van der Waals surface area contributed by atoms with E-state index in [1.54, 1.807) is 0 Å². The standard InChI is InChI=1S/C20H26N6/c1-17-21-11-14-24(17)13-10-19-7-5-6-12-25(19)15-18-16-26(23-22-18)20-8-3-2-4-9-20/h2-4,8-9,11,14,16,19H,5-7,10,12-13,15H2,1H3/t19-/m1/s1. The molecule has 1 aliphatic heterocycles. The molecule has 0 bridgehead atoms. The van der Waals surface area contributed by atoms with Gasteiger partial charge in [0.15, 0.2) is 0 Å². The van der Waals surface area contributed by atoms with Crippen molar-refractivity contribution < 1.29 is 0 Å². The SMILES string of the molecule is Cc1nccn1CC[C@H]1CCCCN1Cc1cn(-c2ccccc2)nn1. The van der Waals surface area contributed by atoms with Crippen LogP contribution in [0.3, 0.4) is 0 Å². The predicted octanol–water partition coefficient (Wildman–Crippen LogP) is 3.22. The number of aryl methyl sites for hydroxylation is 2. The van der Waals surface area contributed by atoms with Gasteiger partial charge in [-0.2, -0.15) is 0 Å². The quantitative estimate of drug-likeness (QED) is 0.685. The van der Waals surface area contributed by atoms with Crippen molar-refractivity contribution in [3.63, 3.8) is 0 Å². The van der Waals surface area contributed by atoms with Gasteiger partial charge in [0.2, 0.25) is 0 Å². The van der Waals surface area contributed by atoms with Crippen LogP contribution in [0.15, 0.2) is 48.9 Å². The molecule has 4 rings (SSSR count). The van der Waals surface area contributed by atoms with Crippen LogP contribution in [0, 0.1) is 6.92 Å². The van der Waals surface area contributed by atoms with Gasteiger partial charge in [-0.1, -0.05) is 29.8 Å². The third-order valence-electron chi connectivity index (χ3n) is 5.30. The van der Waals surface area contributed by atoms with E-state index in [1.807, 2.05) is 29.1 Å². The predicted molar refractivity (Wildman–Crippen MR) is 101 cm³/mol. The Hall–Kier alpha value is -2.47. The van der Waals surface area contributed by atoms with E-state index < -0.39 is 0 Å². The fraction of sp³-hybridized carbons (Fsp3) is 0.450. The molecule has 1 atom stereocenters. The molecular formula is C20H26N6. The molecule has 0 N–H and O–H groups in total. The maximum Gasteiger partial charge on any atom is 0.105 e. The Morgan fingerprint density at radius 2 is 2.04 bits per heavy atom. The van der Waals surface area contributed by atoms with Crippen LogP contribution in [0.1, 0.15) is 37.2 Å². The van der Waals surface area contributed by atoms with E-state index in [1.165, 1.54) is 19.3 Å². The smallest absolute Gasteiger partial charge is 0.105 e. The van der Waals surface area contributed by atoms with Crippen LogP contribution in [-0.4, -0.2) is 42.0 Å². The second-order valence-corrected chi connectivity index (χ2v) is 7.07. The Bertz CT molecular complexity index is 822. The third-order valence-corrected chi connectivity index (χ3v) is 5.30. The molecule has 1 fully saturated rings. The topological polar surface area (TPSA) is 51.8 Å². The van der Waals surface area contributed by atoms with Crippen LogP contribution >= 0.6 is 0 Å². The fourth-order valence-corrected chi connectivity index (χ4v) is 3.81. The number of nitrogens with zero attached hydrogens (tertiary/aromatic N) is 6. The highest BCUT2D eigenvalue weighted by molar-refractivity contribution is 5.29. The molecule has 1 saturated heterocycles. The van der Waals surface area contributed by atoms with Gasteiger partial charge in [0, 0.05) is 31.5 Å². The Morgan fingerprint density at radius 3 is 2.85 bits per heavy atom. The van der Waals surface area contributed by atoms with E-state index in [0.717, 1.165) is 43.3 Å². The minimum atomic E-state index is 0.604. The van der Waals surface area contributed by atoms with Crippen LogP contribution in [0.5, 0.6) is 0 Å². The molecule has 0 amide bonds. The Morgan fingerprint density at radius 1 is 1.15 bits per heavy atom. The van der Waals surface area contributed by atoms with Gasteiger partial charge >= 0.3 is 0 Å². The largest absolute Gasteiger partial charge is 0.335 e. The van der Waals surface area contributed by atoms with Crippen LogP contribution in [0.25, 0.3) is 5.69 Å². The molecule has 1 aliphatic rings. The van der Waals surface area contributed by atoms with Crippen LogP contribution in [0.2, 0.25) is 0 Å². The maximum absolute atomic E-state index is 4.40. The summed E-state index contributed by atoms with van der Waals surface area (Å²) >= 11 is 0. The van der Waals surface area contributed by atoms with Crippen molar-refractivity contribution in [3.05, 3.63) is 60.4 Å². The first-order valence-corrected chi connectivity index (χ1v) is 9.48. The summed E-state index contributed by atoms with van der Waals surface area (Å²) < 4.78 is 4.11. The zero-order valence-electron chi connectivity index (χ0n) is 15.3. The minimum Gasteiger partial charge on any atom is -0.335 e. The highest BCUT2D eigenvalue weighted by atomic mass is 15.4. The first-order valence-electron chi connectivity index (χ1n) is 9.48. The second kappa shape index (κ2) is 7.83. The van der Waals surface area contributed by atoms with Gasteiger partial charge in [-0.25, -0.2) is 9.67 Å². The van der Waals surface area contributed by atoms with Crippen molar-refractivity contribution in [1.82, 2.24) is 29.4 Å². The maximum atomic E-state index is 4.40. The van der Waals surface area contributed by atoms with Gasteiger partial charge in [0.1, 0.15) is 5.82 Å². The second-order valence-electron chi connectivity index (χ2n) is 7.07. The lowest BCUT2D eigenvalue weighted by Gasteiger charge is -2.35. The summed E-state index contributed by atoms with van der Waals surface area (Å²) in [5, 5.41) is 8.70. The van der Waals surface area contributed by atoms with Crippen LogP contribution < -0.4 is 0 Å². The summed E-state index contributed by atoms with van der Waals surface area (Å²) in [7, 11) is 0. The van der Waals surface area contributed by atoms with Crippen molar-refractivity contribution in [2.45, 2.75) is 51.7 Å². The van der Waals surface area contributed by atoms with Crippen molar-refractivity contribution in [1.29, 1.82) is 0 Å². The highest BCUT2D eigenvalue weighted by Gasteiger charge is 2.23. The number of hydrogen-bond donors (Lipinski definition) is 0. The van der Waals surface area contributed by atoms with Crippen LogP contribution in [0.4, 0.5) is 0 Å². The number of aromatic nitrogens is 5. The number of likely N-dealkylation sites (tertiary alicyclic amines) is 1. The van der Waals surface area contributed by atoms with Crippen molar-refractivity contribution >= 4 is 0 Å². The highest BCUT2D eigenvalue weighted by Crippen LogP contribution is 2.22. The molecule has 6 nitrogen and oxygen atoms in total. The molecule has 2 aromatic heterocycles. The molecule has 0 radical (unpaired) electrons. The number of rotatable bonds is 6. The van der Waals surface area contributed by atoms with Gasteiger partial charge in [-0.05, 0) is 44.9 Å². The average Bonchev–Trinajstić information content (AvgIpc) is 3.31. The molecule has 3 heterocycles. The number of para-hydroxylation sites is 1. The summed E-state index contributed by atoms with van der Waals surface area (Å²) in [6.45, 7) is 5.12. The van der Waals surface area contributed by atoms with E-state index in [-0.39, 0.29) is 0 Å². The van der Waals surface area contributed by atoms with Crippen LogP contribution in [-0.2, 0) is 13.1 Å². The summed E-state index contributed by atoms with van der Waals surface area (Å²) in [4.78, 5) is 6.91. The summed E-state index contributed by atoms with van der Waals surface area (Å²) in [6, 6.07) is 10.8. The van der Waals surface area contributed by atoms with Crippen molar-refractivity contribution in [2.75, 3.05) is 6.54 Å². The molecule has 136 valence electrons. The average molecular weight is 350 g/mol. The lowest BCUT2D eigenvalue weighted by Crippen LogP contribution is -2.39. The molecule has 3 aromatic rings. The normalized spacial score (nSPS) is 18.3. The first kappa shape index (κ1) is 17.0. The zero-order valence-corrected chi connectivity index (χ0v) is 15.3. The van der Waals surface area contributed by atoms with E-state index in [9.17, 15) is 0 Å². The molecule has 0 unspecified atom stereocenters. The molecule has 6 heteroatoms. The van der Waals surface area contributed by atoms with Gasteiger partial charge in [0.05, 0.1) is 17.6 Å².